The Hall–Kier alpha value is -1.10. The van der Waals surface area contributed by atoms with Gasteiger partial charge in [0.15, 0.2) is 0 Å². The molecule has 1 aliphatic rings. The lowest BCUT2D eigenvalue weighted by molar-refractivity contribution is -0.137. The molecule has 0 aromatic heterocycles. The van der Waals surface area contributed by atoms with Gasteiger partial charge in [-0.3, -0.25) is 9.59 Å². The Morgan fingerprint density at radius 1 is 1.11 bits per heavy atom. The maximum absolute atomic E-state index is 11.0. The number of carboxylic acids is 1. The van der Waals surface area contributed by atoms with Gasteiger partial charge in [-0.2, -0.15) is 0 Å². The summed E-state index contributed by atoms with van der Waals surface area (Å²) in [7, 11) is 0. The molecule has 1 rings (SSSR count). The molecule has 5 heteroatoms. The average Bonchev–Trinajstić information content (AvgIpc) is 2.34. The van der Waals surface area contributed by atoms with E-state index < -0.39 is 5.97 Å². The van der Waals surface area contributed by atoms with Crippen LogP contribution in [0.25, 0.3) is 0 Å². The molecule has 104 valence electrons. The predicted molar refractivity (Wildman–Crippen MR) is 69.0 cm³/mol. The summed E-state index contributed by atoms with van der Waals surface area (Å²) in [5.74, 6) is -0.812. The van der Waals surface area contributed by atoms with E-state index in [1.165, 1.54) is 0 Å². The van der Waals surface area contributed by atoms with E-state index in [9.17, 15) is 9.59 Å². The van der Waals surface area contributed by atoms with E-state index >= 15 is 0 Å². The zero-order valence-corrected chi connectivity index (χ0v) is 10.9. The maximum Gasteiger partial charge on any atom is 0.303 e. The van der Waals surface area contributed by atoms with E-state index in [4.69, 9.17) is 10.8 Å². The van der Waals surface area contributed by atoms with Crippen LogP contribution in [-0.4, -0.2) is 29.6 Å². The molecule has 1 fully saturated rings. The number of nitrogens with two attached hydrogens (primary N) is 1. The first kappa shape index (κ1) is 15.0. The van der Waals surface area contributed by atoms with Gasteiger partial charge >= 0.3 is 5.97 Å². The smallest absolute Gasteiger partial charge is 0.303 e. The second-order valence-electron chi connectivity index (χ2n) is 5.11. The number of hydrogen-bond donors (Lipinski definition) is 3. The van der Waals surface area contributed by atoms with Gasteiger partial charge in [0.1, 0.15) is 0 Å². The number of nitrogens with one attached hydrogen (secondary N) is 1. The highest BCUT2D eigenvalue weighted by Gasteiger charge is 2.23. The summed E-state index contributed by atoms with van der Waals surface area (Å²) in [6, 6.07) is 0.500. The molecule has 0 unspecified atom stereocenters. The number of hydrogen-bond acceptors (Lipinski definition) is 3. The van der Waals surface area contributed by atoms with Crippen LogP contribution in [0.4, 0.5) is 0 Å². The molecule has 1 amide bonds. The van der Waals surface area contributed by atoms with Crippen molar-refractivity contribution in [2.45, 2.75) is 57.4 Å². The van der Waals surface area contributed by atoms with Crippen LogP contribution in [0, 0.1) is 5.92 Å². The van der Waals surface area contributed by atoms with Crippen molar-refractivity contribution in [1.82, 2.24) is 5.32 Å². The number of carbonyl (C=O) groups excluding carboxylic acids is 1. The van der Waals surface area contributed by atoms with Gasteiger partial charge in [0, 0.05) is 18.4 Å². The number of primary amides is 1. The lowest BCUT2D eigenvalue weighted by atomic mass is 9.85. The minimum Gasteiger partial charge on any atom is -0.481 e. The minimum absolute atomic E-state index is 0.0682. The fraction of sp³-hybridized carbons (Fsp3) is 0.846. The predicted octanol–water partition coefficient (Wildman–Crippen LogP) is 1.27. The molecule has 0 aliphatic heterocycles. The Kier molecular flexibility index (Phi) is 6.72. The molecule has 5 nitrogen and oxygen atoms in total. The van der Waals surface area contributed by atoms with Crippen molar-refractivity contribution >= 4 is 11.9 Å². The Morgan fingerprint density at radius 3 is 2.33 bits per heavy atom. The third-order valence-corrected chi connectivity index (χ3v) is 3.63. The maximum atomic E-state index is 11.0. The summed E-state index contributed by atoms with van der Waals surface area (Å²) in [4.78, 5) is 21.3. The Balaban J connectivity index is 1.98. The van der Waals surface area contributed by atoms with Gasteiger partial charge in [-0.15, -0.1) is 0 Å². The highest BCUT2D eigenvalue weighted by Crippen LogP contribution is 2.23. The van der Waals surface area contributed by atoms with Gasteiger partial charge in [0.25, 0.3) is 0 Å². The lowest BCUT2D eigenvalue weighted by Gasteiger charge is -2.27. The molecule has 0 spiro atoms. The fourth-order valence-electron chi connectivity index (χ4n) is 2.47. The quantitative estimate of drug-likeness (QED) is 0.570. The van der Waals surface area contributed by atoms with Gasteiger partial charge in [-0.25, -0.2) is 0 Å². The van der Waals surface area contributed by atoms with Gasteiger partial charge in [-0.05, 0) is 45.1 Å². The molecule has 0 aromatic rings. The number of unbranched alkanes of at least 4 members (excludes halogenated alkanes) is 2. The van der Waals surface area contributed by atoms with Crippen molar-refractivity contribution < 1.29 is 14.7 Å². The van der Waals surface area contributed by atoms with Gasteiger partial charge < -0.3 is 16.2 Å². The summed E-state index contributed by atoms with van der Waals surface area (Å²) in [5, 5.41) is 12.0. The van der Waals surface area contributed by atoms with Crippen molar-refractivity contribution in [3.8, 4) is 0 Å². The summed E-state index contributed by atoms with van der Waals surface area (Å²) < 4.78 is 0. The topological polar surface area (TPSA) is 92.4 Å². The highest BCUT2D eigenvalue weighted by atomic mass is 16.4. The van der Waals surface area contributed by atoms with E-state index in [2.05, 4.69) is 5.32 Å². The van der Waals surface area contributed by atoms with E-state index in [1.54, 1.807) is 0 Å². The monoisotopic (exact) mass is 256 g/mol. The van der Waals surface area contributed by atoms with Gasteiger partial charge in [-0.1, -0.05) is 6.42 Å². The van der Waals surface area contributed by atoms with Crippen LogP contribution in [0.2, 0.25) is 0 Å². The molecule has 0 aromatic carbocycles. The van der Waals surface area contributed by atoms with E-state index in [0.29, 0.717) is 6.04 Å². The van der Waals surface area contributed by atoms with Gasteiger partial charge in [0.05, 0.1) is 0 Å². The van der Waals surface area contributed by atoms with Crippen LogP contribution in [0.15, 0.2) is 0 Å². The van der Waals surface area contributed by atoms with Crippen LogP contribution in [0.3, 0.4) is 0 Å². The molecule has 0 bridgehead atoms. The molecular weight excluding hydrogens is 232 g/mol. The molecule has 0 saturated heterocycles. The van der Waals surface area contributed by atoms with E-state index in [-0.39, 0.29) is 18.2 Å². The second-order valence-corrected chi connectivity index (χ2v) is 5.11. The minimum atomic E-state index is -0.715. The lowest BCUT2D eigenvalue weighted by Crippen LogP contribution is -2.37. The van der Waals surface area contributed by atoms with Crippen molar-refractivity contribution in [2.24, 2.45) is 11.7 Å². The third-order valence-electron chi connectivity index (χ3n) is 3.63. The molecule has 0 heterocycles. The van der Waals surface area contributed by atoms with Crippen LogP contribution < -0.4 is 11.1 Å². The molecule has 1 saturated carbocycles. The number of aliphatic carboxylic acids is 1. The van der Waals surface area contributed by atoms with Crippen molar-refractivity contribution in [1.29, 1.82) is 0 Å². The molecular formula is C13H24N2O3. The van der Waals surface area contributed by atoms with Crippen LogP contribution >= 0.6 is 0 Å². The Morgan fingerprint density at radius 2 is 1.78 bits per heavy atom. The Bertz CT molecular complexity index is 273. The molecule has 0 atom stereocenters. The first-order chi connectivity index (χ1) is 8.59. The highest BCUT2D eigenvalue weighted by molar-refractivity contribution is 5.76. The molecule has 1 aliphatic carbocycles. The standard InChI is InChI=1S/C13H24N2O3/c14-13(18)10-5-7-11(8-6-10)15-9-3-1-2-4-12(16)17/h10-11,15H,1-9H2,(H2,14,18)(H,16,17). The largest absolute Gasteiger partial charge is 0.481 e. The molecule has 4 N–H and O–H groups in total. The first-order valence-electron chi connectivity index (χ1n) is 6.84. The normalized spacial score (nSPS) is 23.8. The average molecular weight is 256 g/mol. The van der Waals surface area contributed by atoms with Crippen molar-refractivity contribution in [3.63, 3.8) is 0 Å². The van der Waals surface area contributed by atoms with Crippen molar-refractivity contribution in [3.05, 3.63) is 0 Å². The molecule has 18 heavy (non-hydrogen) atoms. The number of amides is 1. The fourth-order valence-corrected chi connectivity index (χ4v) is 2.47. The number of rotatable bonds is 8. The second kappa shape index (κ2) is 8.08. The zero-order valence-electron chi connectivity index (χ0n) is 10.9. The first-order valence-corrected chi connectivity index (χ1v) is 6.84. The zero-order chi connectivity index (χ0) is 13.4. The van der Waals surface area contributed by atoms with E-state index in [1.807, 2.05) is 0 Å². The SMILES string of the molecule is NC(=O)C1CCC(NCCCCCC(=O)O)CC1. The summed E-state index contributed by atoms with van der Waals surface area (Å²) in [6.45, 7) is 0.936. The molecule has 0 radical (unpaired) electrons. The van der Waals surface area contributed by atoms with Crippen LogP contribution in [-0.2, 0) is 9.59 Å². The van der Waals surface area contributed by atoms with Crippen LogP contribution in [0.5, 0.6) is 0 Å². The summed E-state index contributed by atoms with van der Waals surface area (Å²) in [5.41, 5.74) is 5.28. The van der Waals surface area contributed by atoms with E-state index in [0.717, 1.165) is 51.5 Å². The third kappa shape index (κ3) is 6.00. The van der Waals surface area contributed by atoms with Crippen LogP contribution in [0.1, 0.15) is 51.4 Å². The summed E-state index contributed by atoms with van der Waals surface area (Å²) in [6.07, 6.45) is 6.82. The summed E-state index contributed by atoms with van der Waals surface area (Å²) >= 11 is 0. The number of carbonyl (C=O) groups is 2. The Labute approximate surface area is 108 Å². The van der Waals surface area contributed by atoms with Crippen molar-refractivity contribution in [2.75, 3.05) is 6.54 Å². The van der Waals surface area contributed by atoms with Gasteiger partial charge in [0.2, 0.25) is 5.91 Å². The number of carboxylic acid groups (broad SMARTS) is 1.